The molecular weight excluding hydrogens is 415 g/mol. The van der Waals surface area contributed by atoms with E-state index in [1.807, 2.05) is 0 Å². The first-order valence-corrected chi connectivity index (χ1v) is 10.5. The fraction of sp³-hybridized carbons (Fsp3) is 0.400. The van der Waals surface area contributed by atoms with Crippen molar-refractivity contribution in [3.8, 4) is 10.6 Å². The Bertz CT molecular complexity index is 1000. The number of hydrogen-bond acceptors (Lipinski definition) is 5. The number of carbonyl (C=O) groups is 1. The first kappa shape index (κ1) is 20.5. The summed E-state index contributed by atoms with van der Waals surface area (Å²) in [7, 11) is 0. The Balaban J connectivity index is 1.61. The molecule has 0 radical (unpaired) electrons. The maximum absolute atomic E-state index is 13.5. The number of imidazole rings is 1. The smallest absolute Gasteiger partial charge is 0.340 e. The summed E-state index contributed by atoms with van der Waals surface area (Å²) < 4.78 is 42.1. The van der Waals surface area contributed by atoms with Crippen LogP contribution in [-0.2, 0) is 11.0 Å². The van der Waals surface area contributed by atoms with Gasteiger partial charge in [0, 0.05) is 31.4 Å². The largest absolute Gasteiger partial charge is 0.433 e. The van der Waals surface area contributed by atoms with Gasteiger partial charge in [0.2, 0.25) is 5.91 Å². The molecule has 0 saturated carbocycles. The van der Waals surface area contributed by atoms with Crippen LogP contribution in [0.4, 0.5) is 13.2 Å². The molecule has 3 aromatic heterocycles. The lowest BCUT2D eigenvalue weighted by Gasteiger charge is -2.34. The zero-order chi connectivity index (χ0) is 21.3. The van der Waals surface area contributed by atoms with Crippen LogP contribution < -0.4 is 0 Å². The van der Waals surface area contributed by atoms with Crippen LogP contribution in [0.5, 0.6) is 0 Å². The van der Waals surface area contributed by atoms with E-state index in [1.54, 1.807) is 52.6 Å². The van der Waals surface area contributed by atoms with Crippen molar-refractivity contribution < 1.29 is 18.0 Å². The Kier molecular flexibility index (Phi) is 5.59. The molecular formula is C20H20F3N5OS. The van der Waals surface area contributed by atoms with Gasteiger partial charge in [0.1, 0.15) is 17.6 Å². The van der Waals surface area contributed by atoms with E-state index in [1.165, 1.54) is 11.3 Å². The number of halogens is 3. The number of alkyl halides is 3. The van der Waals surface area contributed by atoms with Crippen molar-refractivity contribution in [1.82, 2.24) is 24.4 Å². The van der Waals surface area contributed by atoms with Crippen molar-refractivity contribution in [3.63, 3.8) is 0 Å². The zero-order valence-electron chi connectivity index (χ0n) is 16.2. The first-order valence-electron chi connectivity index (χ1n) is 9.59. The molecule has 1 fully saturated rings. The number of piperidine rings is 1. The Hall–Kier alpha value is -2.75. The van der Waals surface area contributed by atoms with Gasteiger partial charge in [-0.1, -0.05) is 6.07 Å². The summed E-state index contributed by atoms with van der Waals surface area (Å²) in [6.07, 6.45) is 1.64. The highest BCUT2D eigenvalue weighted by Crippen LogP contribution is 2.34. The van der Waals surface area contributed by atoms with Crippen LogP contribution in [0, 0.1) is 0 Å². The summed E-state index contributed by atoms with van der Waals surface area (Å²) in [6.45, 7) is 2.64. The molecule has 2 atom stereocenters. The van der Waals surface area contributed by atoms with Crippen LogP contribution in [0.15, 0.2) is 42.3 Å². The SMILES string of the molecule is C[C@H](C(=O)N1CCC[C@@H](c2nc(-c3cccs3)cc(C(F)(F)F)n2)C1)n1ccnc1. The molecule has 0 N–H and O–H groups in total. The fourth-order valence-electron chi connectivity index (χ4n) is 3.62. The first-order chi connectivity index (χ1) is 14.3. The molecule has 1 aliphatic rings. The van der Waals surface area contributed by atoms with Gasteiger partial charge in [0.15, 0.2) is 0 Å². The van der Waals surface area contributed by atoms with E-state index in [-0.39, 0.29) is 23.3 Å². The number of rotatable bonds is 4. The highest BCUT2D eigenvalue weighted by atomic mass is 32.1. The lowest BCUT2D eigenvalue weighted by Crippen LogP contribution is -2.42. The van der Waals surface area contributed by atoms with Crippen molar-refractivity contribution in [2.24, 2.45) is 0 Å². The van der Waals surface area contributed by atoms with Crippen LogP contribution in [0.1, 0.15) is 43.2 Å². The third-order valence-corrected chi connectivity index (χ3v) is 6.13. The lowest BCUT2D eigenvalue weighted by atomic mass is 9.96. The molecule has 6 nitrogen and oxygen atoms in total. The van der Waals surface area contributed by atoms with Gasteiger partial charge in [-0.05, 0) is 37.3 Å². The molecule has 30 heavy (non-hydrogen) atoms. The van der Waals surface area contributed by atoms with Crippen molar-refractivity contribution in [2.75, 3.05) is 13.1 Å². The minimum atomic E-state index is -4.57. The molecule has 1 aliphatic heterocycles. The molecule has 4 rings (SSSR count). The summed E-state index contributed by atoms with van der Waals surface area (Å²) in [5.74, 6) is -0.303. The second kappa shape index (κ2) is 8.17. The van der Waals surface area contributed by atoms with Gasteiger partial charge in [-0.3, -0.25) is 4.79 Å². The van der Waals surface area contributed by atoms with E-state index in [2.05, 4.69) is 15.0 Å². The van der Waals surface area contributed by atoms with Gasteiger partial charge >= 0.3 is 6.18 Å². The van der Waals surface area contributed by atoms with Crippen LogP contribution >= 0.6 is 11.3 Å². The highest BCUT2D eigenvalue weighted by molar-refractivity contribution is 7.13. The molecule has 0 spiro atoms. The molecule has 3 aromatic rings. The van der Waals surface area contributed by atoms with Crippen molar-refractivity contribution in [1.29, 1.82) is 0 Å². The standard InChI is InChI=1S/C20H20F3N5OS/c1-13(28-8-6-24-12-28)19(29)27-7-2-4-14(11-27)18-25-15(16-5-3-9-30-16)10-17(26-18)20(21,22)23/h3,5-6,8-10,12-14H,2,4,7,11H2,1H3/t13-,14-/m1/s1. The van der Waals surface area contributed by atoms with E-state index in [4.69, 9.17) is 0 Å². The summed E-state index contributed by atoms with van der Waals surface area (Å²) in [4.78, 5) is 27.5. The lowest BCUT2D eigenvalue weighted by molar-refractivity contribution is -0.141. The maximum atomic E-state index is 13.5. The summed E-state index contributed by atoms with van der Waals surface area (Å²) >= 11 is 1.33. The van der Waals surface area contributed by atoms with Crippen molar-refractivity contribution in [3.05, 3.63) is 53.8 Å². The van der Waals surface area contributed by atoms with E-state index >= 15 is 0 Å². The number of thiophene rings is 1. The molecule has 10 heteroatoms. The quantitative estimate of drug-likeness (QED) is 0.610. The van der Waals surface area contributed by atoms with E-state index in [0.717, 1.165) is 6.07 Å². The van der Waals surface area contributed by atoms with Gasteiger partial charge in [-0.25, -0.2) is 15.0 Å². The van der Waals surface area contributed by atoms with Crippen molar-refractivity contribution in [2.45, 2.75) is 37.9 Å². The van der Waals surface area contributed by atoms with Gasteiger partial charge in [0.05, 0.1) is 16.9 Å². The van der Waals surface area contributed by atoms with Crippen LogP contribution in [0.25, 0.3) is 10.6 Å². The van der Waals surface area contributed by atoms with Crippen LogP contribution in [-0.4, -0.2) is 43.4 Å². The molecule has 1 saturated heterocycles. The molecule has 0 bridgehead atoms. The minimum absolute atomic E-state index is 0.0943. The predicted molar refractivity (Wildman–Crippen MR) is 106 cm³/mol. The number of nitrogens with zero attached hydrogens (tertiary/aromatic N) is 5. The van der Waals surface area contributed by atoms with E-state index in [0.29, 0.717) is 30.8 Å². The predicted octanol–water partition coefficient (Wildman–Crippen LogP) is 4.39. The Morgan fingerprint density at radius 2 is 2.17 bits per heavy atom. The molecule has 0 aliphatic carbocycles. The van der Waals surface area contributed by atoms with Gasteiger partial charge in [-0.15, -0.1) is 11.3 Å². The maximum Gasteiger partial charge on any atom is 0.433 e. The topological polar surface area (TPSA) is 63.9 Å². The molecule has 158 valence electrons. The molecule has 0 aromatic carbocycles. The number of likely N-dealkylation sites (tertiary alicyclic amines) is 1. The summed E-state index contributed by atoms with van der Waals surface area (Å²) in [5, 5.41) is 1.79. The zero-order valence-corrected chi connectivity index (χ0v) is 17.0. The summed E-state index contributed by atoms with van der Waals surface area (Å²) in [6, 6.07) is 4.06. The molecule has 1 amide bonds. The number of amides is 1. The van der Waals surface area contributed by atoms with Gasteiger partial charge in [0.25, 0.3) is 0 Å². The average molecular weight is 435 g/mol. The second-order valence-corrected chi connectivity index (χ2v) is 8.23. The fourth-order valence-corrected chi connectivity index (χ4v) is 4.31. The normalized spacial score (nSPS) is 18.4. The van der Waals surface area contributed by atoms with Gasteiger partial charge < -0.3 is 9.47 Å². The number of carbonyl (C=O) groups excluding carboxylic acids is 1. The van der Waals surface area contributed by atoms with Gasteiger partial charge in [-0.2, -0.15) is 13.2 Å². The third kappa shape index (κ3) is 4.23. The van der Waals surface area contributed by atoms with Crippen molar-refractivity contribution >= 4 is 17.2 Å². The van der Waals surface area contributed by atoms with E-state index < -0.39 is 17.9 Å². The highest BCUT2D eigenvalue weighted by Gasteiger charge is 2.36. The average Bonchev–Trinajstić information content (AvgIpc) is 3.46. The van der Waals surface area contributed by atoms with Crippen LogP contribution in [0.2, 0.25) is 0 Å². The Labute approximate surface area is 175 Å². The number of aromatic nitrogens is 4. The van der Waals surface area contributed by atoms with E-state index in [9.17, 15) is 18.0 Å². The number of hydrogen-bond donors (Lipinski definition) is 0. The van der Waals surface area contributed by atoms with Crippen LogP contribution in [0.3, 0.4) is 0 Å². The minimum Gasteiger partial charge on any atom is -0.340 e. The summed E-state index contributed by atoms with van der Waals surface area (Å²) in [5.41, 5.74) is -0.691. The molecule has 4 heterocycles. The molecule has 0 unspecified atom stereocenters. The third-order valence-electron chi connectivity index (χ3n) is 5.24. The Morgan fingerprint density at radius 3 is 2.83 bits per heavy atom. The second-order valence-electron chi connectivity index (χ2n) is 7.28. The Morgan fingerprint density at radius 1 is 1.33 bits per heavy atom. The monoisotopic (exact) mass is 435 g/mol.